The Morgan fingerprint density at radius 2 is 1.71 bits per heavy atom. The molecule has 0 N–H and O–H groups in total. The van der Waals surface area contributed by atoms with E-state index in [4.69, 9.17) is 0 Å². The molecule has 1 saturated heterocycles. The zero-order valence-corrected chi connectivity index (χ0v) is 11.4. The minimum atomic E-state index is 0.507. The van der Waals surface area contributed by atoms with E-state index in [2.05, 4.69) is 56.0 Å². The highest BCUT2D eigenvalue weighted by Gasteiger charge is 2.30. The summed E-state index contributed by atoms with van der Waals surface area (Å²) in [5, 5.41) is 0. The standard InChI is InChI=1S/C16H25N/c1-14(2)17-11-9-16(3,10-12-17)13-15-7-5-4-6-8-15/h4-8,14H,9-13H2,1-3H3. The summed E-state index contributed by atoms with van der Waals surface area (Å²) in [6.45, 7) is 9.60. The van der Waals surface area contributed by atoms with Crippen LogP contribution in [0.15, 0.2) is 30.3 Å². The molecular formula is C16H25N. The Kier molecular flexibility index (Phi) is 3.88. The molecule has 0 unspecified atom stereocenters. The molecule has 0 atom stereocenters. The first-order valence-electron chi connectivity index (χ1n) is 6.87. The summed E-state index contributed by atoms with van der Waals surface area (Å²) in [5.41, 5.74) is 2.00. The molecule has 0 aliphatic carbocycles. The molecule has 1 fully saturated rings. The third kappa shape index (κ3) is 3.32. The fraction of sp³-hybridized carbons (Fsp3) is 0.625. The maximum absolute atomic E-state index is 2.60. The van der Waals surface area contributed by atoms with Crippen LogP contribution in [0.5, 0.6) is 0 Å². The van der Waals surface area contributed by atoms with Gasteiger partial charge in [0.15, 0.2) is 0 Å². The molecule has 1 heterocycles. The van der Waals surface area contributed by atoms with Crippen molar-refractivity contribution in [3.05, 3.63) is 35.9 Å². The highest BCUT2D eigenvalue weighted by atomic mass is 15.1. The SMILES string of the molecule is CC(C)N1CCC(C)(Cc2ccccc2)CC1. The Hall–Kier alpha value is -0.820. The van der Waals surface area contributed by atoms with E-state index < -0.39 is 0 Å². The van der Waals surface area contributed by atoms with Crippen molar-refractivity contribution in [2.45, 2.75) is 46.1 Å². The zero-order chi connectivity index (χ0) is 12.3. The Morgan fingerprint density at radius 3 is 2.24 bits per heavy atom. The van der Waals surface area contributed by atoms with E-state index in [9.17, 15) is 0 Å². The van der Waals surface area contributed by atoms with Crippen molar-refractivity contribution < 1.29 is 0 Å². The molecule has 2 rings (SSSR count). The molecule has 0 aromatic heterocycles. The number of hydrogen-bond acceptors (Lipinski definition) is 1. The van der Waals surface area contributed by atoms with Gasteiger partial charge in [0.2, 0.25) is 0 Å². The average Bonchev–Trinajstić information content (AvgIpc) is 2.30. The predicted molar refractivity (Wildman–Crippen MR) is 74.2 cm³/mol. The van der Waals surface area contributed by atoms with Gasteiger partial charge in [0.1, 0.15) is 0 Å². The Balaban J connectivity index is 1.94. The van der Waals surface area contributed by atoms with Crippen molar-refractivity contribution in [3.8, 4) is 0 Å². The summed E-state index contributed by atoms with van der Waals surface area (Å²) in [7, 11) is 0. The van der Waals surface area contributed by atoms with E-state index in [0.717, 1.165) is 0 Å². The second kappa shape index (κ2) is 5.22. The van der Waals surface area contributed by atoms with Gasteiger partial charge in [0, 0.05) is 6.04 Å². The third-order valence-corrected chi connectivity index (χ3v) is 4.21. The first-order chi connectivity index (χ1) is 8.09. The van der Waals surface area contributed by atoms with Gasteiger partial charge in [-0.05, 0) is 57.2 Å². The molecule has 0 radical (unpaired) electrons. The van der Waals surface area contributed by atoms with E-state index in [1.54, 1.807) is 0 Å². The van der Waals surface area contributed by atoms with Crippen molar-refractivity contribution in [1.82, 2.24) is 4.90 Å². The van der Waals surface area contributed by atoms with Gasteiger partial charge in [0.05, 0.1) is 0 Å². The summed E-state index contributed by atoms with van der Waals surface area (Å²) in [5.74, 6) is 0. The molecule has 1 aromatic rings. The molecule has 0 amide bonds. The minimum absolute atomic E-state index is 0.507. The van der Waals surface area contributed by atoms with Gasteiger partial charge in [-0.3, -0.25) is 0 Å². The summed E-state index contributed by atoms with van der Waals surface area (Å²) < 4.78 is 0. The van der Waals surface area contributed by atoms with Crippen LogP contribution >= 0.6 is 0 Å². The third-order valence-electron chi connectivity index (χ3n) is 4.21. The normalized spacial score (nSPS) is 20.7. The van der Waals surface area contributed by atoms with Crippen LogP contribution < -0.4 is 0 Å². The lowest BCUT2D eigenvalue weighted by Crippen LogP contribution is -2.42. The molecular weight excluding hydrogens is 206 g/mol. The van der Waals surface area contributed by atoms with E-state index in [-0.39, 0.29) is 0 Å². The highest BCUT2D eigenvalue weighted by molar-refractivity contribution is 5.16. The molecule has 0 bridgehead atoms. The molecule has 1 nitrogen and oxygen atoms in total. The molecule has 0 spiro atoms. The van der Waals surface area contributed by atoms with E-state index in [1.807, 2.05) is 0 Å². The predicted octanol–water partition coefficient (Wildman–Crippen LogP) is 3.74. The van der Waals surface area contributed by atoms with Crippen LogP contribution in [0.2, 0.25) is 0 Å². The highest BCUT2D eigenvalue weighted by Crippen LogP contribution is 2.34. The Morgan fingerprint density at radius 1 is 1.12 bits per heavy atom. The molecule has 0 saturated carbocycles. The van der Waals surface area contributed by atoms with Gasteiger partial charge < -0.3 is 4.90 Å². The van der Waals surface area contributed by atoms with Crippen molar-refractivity contribution in [1.29, 1.82) is 0 Å². The van der Waals surface area contributed by atoms with Crippen LogP contribution in [0.3, 0.4) is 0 Å². The number of nitrogens with zero attached hydrogens (tertiary/aromatic N) is 1. The lowest BCUT2D eigenvalue weighted by atomic mass is 9.75. The first-order valence-corrected chi connectivity index (χ1v) is 6.87. The van der Waals surface area contributed by atoms with E-state index in [0.29, 0.717) is 11.5 Å². The first kappa shape index (κ1) is 12.6. The molecule has 94 valence electrons. The quantitative estimate of drug-likeness (QED) is 0.766. The van der Waals surface area contributed by atoms with Gasteiger partial charge in [0.25, 0.3) is 0 Å². The van der Waals surface area contributed by atoms with Crippen molar-refractivity contribution in [2.24, 2.45) is 5.41 Å². The Labute approximate surface area is 106 Å². The van der Waals surface area contributed by atoms with Crippen LogP contribution in [-0.2, 0) is 6.42 Å². The second-order valence-corrected chi connectivity index (χ2v) is 6.10. The fourth-order valence-electron chi connectivity index (χ4n) is 2.85. The topological polar surface area (TPSA) is 3.24 Å². The molecule has 1 aliphatic rings. The van der Waals surface area contributed by atoms with Crippen LogP contribution in [0.25, 0.3) is 0 Å². The number of likely N-dealkylation sites (tertiary alicyclic amines) is 1. The summed E-state index contributed by atoms with van der Waals surface area (Å²) in [4.78, 5) is 2.60. The van der Waals surface area contributed by atoms with E-state index in [1.165, 1.54) is 37.9 Å². The fourth-order valence-corrected chi connectivity index (χ4v) is 2.85. The van der Waals surface area contributed by atoms with Gasteiger partial charge >= 0.3 is 0 Å². The molecule has 1 aliphatic heterocycles. The summed E-state index contributed by atoms with van der Waals surface area (Å²) in [6.07, 6.45) is 3.90. The maximum atomic E-state index is 2.60. The minimum Gasteiger partial charge on any atom is -0.301 e. The lowest BCUT2D eigenvalue weighted by Gasteiger charge is -2.41. The maximum Gasteiger partial charge on any atom is 0.00385 e. The van der Waals surface area contributed by atoms with Gasteiger partial charge in [-0.1, -0.05) is 37.3 Å². The molecule has 17 heavy (non-hydrogen) atoms. The number of hydrogen-bond donors (Lipinski definition) is 0. The number of rotatable bonds is 3. The zero-order valence-electron chi connectivity index (χ0n) is 11.4. The van der Waals surface area contributed by atoms with Crippen LogP contribution in [0.4, 0.5) is 0 Å². The van der Waals surface area contributed by atoms with Crippen molar-refractivity contribution in [2.75, 3.05) is 13.1 Å². The van der Waals surface area contributed by atoms with Crippen LogP contribution in [0.1, 0.15) is 39.2 Å². The number of benzene rings is 1. The largest absolute Gasteiger partial charge is 0.301 e. The van der Waals surface area contributed by atoms with E-state index >= 15 is 0 Å². The van der Waals surface area contributed by atoms with Crippen LogP contribution in [0, 0.1) is 5.41 Å². The summed E-state index contributed by atoms with van der Waals surface area (Å²) in [6, 6.07) is 11.6. The lowest BCUT2D eigenvalue weighted by molar-refractivity contribution is 0.0951. The Bertz CT molecular complexity index is 334. The van der Waals surface area contributed by atoms with Crippen molar-refractivity contribution >= 4 is 0 Å². The second-order valence-electron chi connectivity index (χ2n) is 6.10. The van der Waals surface area contributed by atoms with Crippen LogP contribution in [-0.4, -0.2) is 24.0 Å². The molecule has 1 aromatic carbocycles. The smallest absolute Gasteiger partial charge is 0.00385 e. The van der Waals surface area contributed by atoms with Crippen molar-refractivity contribution in [3.63, 3.8) is 0 Å². The van der Waals surface area contributed by atoms with Gasteiger partial charge in [-0.25, -0.2) is 0 Å². The average molecular weight is 231 g/mol. The monoisotopic (exact) mass is 231 g/mol. The van der Waals surface area contributed by atoms with Gasteiger partial charge in [-0.15, -0.1) is 0 Å². The summed E-state index contributed by atoms with van der Waals surface area (Å²) >= 11 is 0. The molecule has 1 heteroatoms. The van der Waals surface area contributed by atoms with Gasteiger partial charge in [-0.2, -0.15) is 0 Å². The number of piperidine rings is 1.